The first-order valence-electron chi connectivity index (χ1n) is 7.69. The van der Waals surface area contributed by atoms with Crippen LogP contribution >= 0.6 is 22.9 Å². The average molecular weight is 420 g/mol. The summed E-state index contributed by atoms with van der Waals surface area (Å²) in [7, 11) is -3.62. The summed E-state index contributed by atoms with van der Waals surface area (Å²) in [5.41, 5.74) is 3.92. The van der Waals surface area contributed by atoms with Gasteiger partial charge in [0.15, 0.2) is 0 Å². The zero-order valence-corrected chi connectivity index (χ0v) is 16.2. The molecule has 1 heterocycles. The number of anilines is 1. The Morgan fingerprint density at radius 3 is 2.37 bits per heavy atom. The van der Waals surface area contributed by atoms with E-state index in [-0.39, 0.29) is 4.21 Å². The van der Waals surface area contributed by atoms with Crippen LogP contribution in [0.15, 0.2) is 75.4 Å². The van der Waals surface area contributed by atoms with E-state index in [1.54, 1.807) is 35.7 Å². The minimum atomic E-state index is -3.62. The van der Waals surface area contributed by atoms with Crippen molar-refractivity contribution in [3.05, 3.63) is 82.2 Å². The van der Waals surface area contributed by atoms with Crippen LogP contribution in [0.1, 0.15) is 15.9 Å². The highest BCUT2D eigenvalue weighted by Gasteiger charge is 2.15. The molecule has 2 N–H and O–H groups in total. The maximum absolute atomic E-state index is 12.2. The first-order chi connectivity index (χ1) is 12.9. The predicted molar refractivity (Wildman–Crippen MR) is 108 cm³/mol. The molecular formula is C18H14ClN3O3S2. The third kappa shape index (κ3) is 5.16. The van der Waals surface area contributed by atoms with Crippen molar-refractivity contribution in [1.29, 1.82) is 0 Å². The molecule has 3 rings (SSSR count). The Hall–Kier alpha value is -2.68. The Labute approximate surface area is 165 Å². The topological polar surface area (TPSA) is 87.6 Å². The SMILES string of the molecule is O=C(N/N=C/c1ccc(Cl)cc1)c1ccc(NS(=O)(=O)c2cccs2)cc1. The van der Waals surface area contributed by atoms with Crippen molar-refractivity contribution in [1.82, 2.24) is 5.43 Å². The summed E-state index contributed by atoms with van der Waals surface area (Å²) in [6.07, 6.45) is 1.50. The molecule has 1 aromatic heterocycles. The summed E-state index contributed by atoms with van der Waals surface area (Å²) in [6.45, 7) is 0. The lowest BCUT2D eigenvalue weighted by Crippen LogP contribution is -2.17. The fourth-order valence-electron chi connectivity index (χ4n) is 2.09. The van der Waals surface area contributed by atoms with Crippen LogP contribution in [-0.2, 0) is 10.0 Å². The molecule has 9 heteroatoms. The van der Waals surface area contributed by atoms with E-state index in [0.717, 1.165) is 16.9 Å². The second-order valence-corrected chi connectivity index (χ2v) is 8.66. The molecule has 0 bridgehead atoms. The van der Waals surface area contributed by atoms with Gasteiger partial charge in [-0.25, -0.2) is 13.8 Å². The summed E-state index contributed by atoms with van der Waals surface area (Å²) in [4.78, 5) is 12.1. The molecule has 0 fully saturated rings. The van der Waals surface area contributed by atoms with E-state index >= 15 is 0 Å². The maximum atomic E-state index is 12.2. The van der Waals surface area contributed by atoms with Crippen molar-refractivity contribution in [3.8, 4) is 0 Å². The molecule has 0 saturated carbocycles. The Morgan fingerprint density at radius 1 is 1.04 bits per heavy atom. The van der Waals surface area contributed by atoms with Gasteiger partial charge in [0.2, 0.25) is 0 Å². The standard InChI is InChI=1S/C18H14ClN3O3S2/c19-15-7-3-13(4-8-15)12-20-21-18(23)14-5-9-16(10-6-14)22-27(24,25)17-2-1-11-26-17/h1-12,22H,(H,21,23)/b20-12+. The van der Waals surface area contributed by atoms with Gasteiger partial charge in [-0.3, -0.25) is 9.52 Å². The Balaban J connectivity index is 1.61. The molecule has 0 radical (unpaired) electrons. The second-order valence-electron chi connectivity index (χ2n) is 5.37. The van der Waals surface area contributed by atoms with Gasteiger partial charge in [-0.15, -0.1) is 11.3 Å². The van der Waals surface area contributed by atoms with E-state index in [1.807, 2.05) is 0 Å². The van der Waals surface area contributed by atoms with Crippen LogP contribution in [0.2, 0.25) is 5.02 Å². The van der Waals surface area contributed by atoms with E-state index in [9.17, 15) is 13.2 Å². The molecular weight excluding hydrogens is 406 g/mol. The van der Waals surface area contributed by atoms with Gasteiger partial charge in [-0.2, -0.15) is 5.10 Å². The average Bonchev–Trinajstić information content (AvgIpc) is 3.19. The van der Waals surface area contributed by atoms with Crippen LogP contribution in [0.3, 0.4) is 0 Å². The van der Waals surface area contributed by atoms with Crippen molar-refractivity contribution >= 4 is 50.8 Å². The molecule has 0 spiro atoms. The zero-order valence-electron chi connectivity index (χ0n) is 13.8. The number of benzene rings is 2. The van der Waals surface area contributed by atoms with Gasteiger partial charge < -0.3 is 0 Å². The van der Waals surface area contributed by atoms with Crippen molar-refractivity contribution in [2.75, 3.05) is 4.72 Å². The number of halogens is 1. The van der Waals surface area contributed by atoms with Crippen LogP contribution in [0.4, 0.5) is 5.69 Å². The third-order valence-electron chi connectivity index (χ3n) is 3.41. The molecule has 27 heavy (non-hydrogen) atoms. The monoisotopic (exact) mass is 419 g/mol. The van der Waals surface area contributed by atoms with E-state index < -0.39 is 15.9 Å². The fraction of sp³-hybridized carbons (Fsp3) is 0. The molecule has 0 unspecified atom stereocenters. The van der Waals surface area contributed by atoms with Crippen LogP contribution in [-0.4, -0.2) is 20.5 Å². The lowest BCUT2D eigenvalue weighted by atomic mass is 10.2. The second kappa shape index (κ2) is 8.34. The number of carbonyl (C=O) groups excluding carboxylic acids is 1. The number of amides is 1. The largest absolute Gasteiger partial charge is 0.279 e. The number of nitrogens with one attached hydrogen (secondary N) is 2. The quantitative estimate of drug-likeness (QED) is 0.468. The zero-order chi connectivity index (χ0) is 19.3. The minimum Gasteiger partial charge on any atom is -0.279 e. The van der Waals surface area contributed by atoms with Crippen molar-refractivity contribution in [2.24, 2.45) is 5.10 Å². The Bertz CT molecular complexity index is 1050. The molecule has 6 nitrogen and oxygen atoms in total. The number of carbonyl (C=O) groups is 1. The Kier molecular flexibility index (Phi) is 5.90. The normalized spacial score (nSPS) is 11.4. The van der Waals surface area contributed by atoms with Gasteiger partial charge in [-0.05, 0) is 53.4 Å². The number of rotatable bonds is 6. The van der Waals surface area contributed by atoms with E-state index in [1.165, 1.54) is 36.5 Å². The van der Waals surface area contributed by atoms with E-state index in [4.69, 9.17) is 11.6 Å². The van der Waals surface area contributed by atoms with Crippen molar-refractivity contribution in [2.45, 2.75) is 4.21 Å². The van der Waals surface area contributed by atoms with Gasteiger partial charge in [0.05, 0.1) is 6.21 Å². The van der Waals surface area contributed by atoms with Gasteiger partial charge in [0.1, 0.15) is 4.21 Å². The molecule has 1 amide bonds. The minimum absolute atomic E-state index is 0.223. The number of hydrogen-bond acceptors (Lipinski definition) is 5. The Morgan fingerprint density at radius 2 is 1.74 bits per heavy atom. The van der Waals surface area contributed by atoms with Crippen LogP contribution < -0.4 is 10.1 Å². The first kappa shape index (κ1) is 19.1. The van der Waals surface area contributed by atoms with E-state index in [0.29, 0.717) is 16.3 Å². The summed E-state index contributed by atoms with van der Waals surface area (Å²) < 4.78 is 27.0. The highest BCUT2D eigenvalue weighted by molar-refractivity contribution is 7.94. The molecule has 0 aliphatic rings. The summed E-state index contributed by atoms with van der Waals surface area (Å²) in [6, 6.07) is 16.2. The molecule has 3 aromatic rings. The summed E-state index contributed by atoms with van der Waals surface area (Å²) >= 11 is 6.93. The molecule has 138 valence electrons. The first-order valence-corrected chi connectivity index (χ1v) is 10.4. The van der Waals surface area contributed by atoms with Crippen LogP contribution in [0.25, 0.3) is 0 Å². The predicted octanol–water partition coefficient (Wildman–Crippen LogP) is 3.97. The molecule has 2 aromatic carbocycles. The lowest BCUT2D eigenvalue weighted by Gasteiger charge is -2.07. The van der Waals surface area contributed by atoms with Crippen LogP contribution in [0.5, 0.6) is 0 Å². The number of hydrazone groups is 1. The lowest BCUT2D eigenvalue weighted by molar-refractivity contribution is 0.0955. The van der Waals surface area contributed by atoms with Crippen molar-refractivity contribution < 1.29 is 13.2 Å². The molecule has 0 saturated heterocycles. The highest BCUT2D eigenvalue weighted by Crippen LogP contribution is 2.20. The van der Waals surface area contributed by atoms with Gasteiger partial charge in [0, 0.05) is 16.3 Å². The number of thiophene rings is 1. The van der Waals surface area contributed by atoms with Crippen LogP contribution in [0, 0.1) is 0 Å². The van der Waals surface area contributed by atoms with E-state index in [2.05, 4.69) is 15.2 Å². The molecule has 0 aliphatic carbocycles. The maximum Gasteiger partial charge on any atom is 0.271 e. The fourth-order valence-corrected chi connectivity index (χ4v) is 4.27. The molecule has 0 atom stereocenters. The van der Waals surface area contributed by atoms with Crippen molar-refractivity contribution in [3.63, 3.8) is 0 Å². The van der Waals surface area contributed by atoms with Gasteiger partial charge >= 0.3 is 0 Å². The highest BCUT2D eigenvalue weighted by atomic mass is 35.5. The number of hydrogen-bond donors (Lipinski definition) is 2. The smallest absolute Gasteiger partial charge is 0.271 e. The van der Waals surface area contributed by atoms with Gasteiger partial charge in [0.25, 0.3) is 15.9 Å². The third-order valence-corrected chi connectivity index (χ3v) is 6.44. The number of nitrogens with zero attached hydrogens (tertiary/aromatic N) is 1. The van der Waals surface area contributed by atoms with Gasteiger partial charge in [-0.1, -0.05) is 29.8 Å². The summed E-state index contributed by atoms with van der Waals surface area (Å²) in [5.74, 6) is -0.409. The molecule has 0 aliphatic heterocycles. The summed E-state index contributed by atoms with van der Waals surface area (Å²) in [5, 5.41) is 6.19. The number of sulfonamides is 1.